The monoisotopic (exact) mass is 292 g/mol. The highest BCUT2D eigenvalue weighted by molar-refractivity contribution is 5.89. The zero-order valence-corrected chi connectivity index (χ0v) is 12.0. The summed E-state index contributed by atoms with van der Waals surface area (Å²) in [5, 5.41) is 21.0. The minimum Gasteiger partial charge on any atom is -0.481 e. The minimum absolute atomic E-state index is 0.0685. The van der Waals surface area contributed by atoms with E-state index in [1.54, 1.807) is 17.0 Å². The average Bonchev–Trinajstić information content (AvgIpc) is 2.85. The number of hydrogen-bond donors (Lipinski definition) is 3. The zero-order chi connectivity index (χ0) is 15.4. The number of urea groups is 1. The minimum atomic E-state index is -0.826. The molecule has 6 nitrogen and oxygen atoms in total. The molecule has 6 heteroatoms. The van der Waals surface area contributed by atoms with Gasteiger partial charge in [-0.1, -0.05) is 19.1 Å². The second kappa shape index (κ2) is 6.58. The van der Waals surface area contributed by atoms with Crippen molar-refractivity contribution < 1.29 is 19.8 Å². The Kier molecular flexibility index (Phi) is 4.80. The Balaban J connectivity index is 1.93. The molecule has 0 radical (unpaired) electrons. The molecule has 3 N–H and O–H groups in total. The Hall–Kier alpha value is -2.08. The van der Waals surface area contributed by atoms with Crippen LogP contribution in [0, 0.1) is 0 Å². The Bertz CT molecular complexity index is 515. The van der Waals surface area contributed by atoms with Crippen LogP contribution in [0.3, 0.4) is 0 Å². The smallest absolute Gasteiger partial charge is 0.321 e. The van der Waals surface area contributed by atoms with E-state index in [0.29, 0.717) is 25.2 Å². The van der Waals surface area contributed by atoms with Gasteiger partial charge in [0.2, 0.25) is 0 Å². The van der Waals surface area contributed by atoms with Crippen molar-refractivity contribution in [3.8, 4) is 0 Å². The molecule has 1 saturated heterocycles. The second-order valence-corrected chi connectivity index (χ2v) is 5.44. The fourth-order valence-electron chi connectivity index (χ4n) is 2.40. The third-order valence-electron chi connectivity index (χ3n) is 3.66. The summed E-state index contributed by atoms with van der Waals surface area (Å²) < 4.78 is 0. The fraction of sp³-hybridized carbons (Fsp3) is 0.467. The second-order valence-electron chi connectivity index (χ2n) is 5.44. The molecule has 2 rings (SSSR count). The van der Waals surface area contributed by atoms with Crippen molar-refractivity contribution >= 4 is 17.7 Å². The molecule has 2 unspecified atom stereocenters. The maximum atomic E-state index is 12.0. The number of likely N-dealkylation sites (tertiary alicyclic amines) is 1. The third-order valence-corrected chi connectivity index (χ3v) is 3.66. The maximum Gasteiger partial charge on any atom is 0.321 e. The lowest BCUT2D eigenvalue weighted by Gasteiger charge is -2.17. The quantitative estimate of drug-likeness (QED) is 0.790. The van der Waals surface area contributed by atoms with Gasteiger partial charge in [0.05, 0.1) is 12.5 Å². The van der Waals surface area contributed by atoms with Crippen molar-refractivity contribution in [2.75, 3.05) is 18.4 Å². The van der Waals surface area contributed by atoms with E-state index in [1.807, 2.05) is 19.1 Å². The Morgan fingerprint density at radius 2 is 2.05 bits per heavy atom. The largest absolute Gasteiger partial charge is 0.481 e. The predicted octanol–water partition coefficient (Wildman–Crippen LogP) is 1.86. The van der Waals surface area contributed by atoms with E-state index in [9.17, 15) is 14.7 Å². The molecule has 1 aromatic rings. The first-order valence-electron chi connectivity index (χ1n) is 7.01. The highest BCUT2D eigenvalue weighted by Gasteiger charge is 2.24. The Morgan fingerprint density at radius 1 is 1.38 bits per heavy atom. The number of anilines is 1. The van der Waals surface area contributed by atoms with Gasteiger partial charge in [-0.25, -0.2) is 4.79 Å². The van der Waals surface area contributed by atoms with Crippen LogP contribution in [0.4, 0.5) is 10.5 Å². The molecule has 2 amide bonds. The predicted molar refractivity (Wildman–Crippen MR) is 78.3 cm³/mol. The summed E-state index contributed by atoms with van der Waals surface area (Å²) in [6.45, 7) is 2.77. The van der Waals surface area contributed by atoms with E-state index in [-0.39, 0.29) is 18.4 Å². The van der Waals surface area contributed by atoms with Crippen molar-refractivity contribution in [2.45, 2.75) is 31.8 Å². The van der Waals surface area contributed by atoms with Crippen LogP contribution in [0.15, 0.2) is 24.3 Å². The number of aliphatic hydroxyl groups is 1. The zero-order valence-electron chi connectivity index (χ0n) is 12.0. The molecular formula is C15H20N2O4. The number of β-amino-alcohol motifs (C(OH)–C–C–N with tert-alkyl or cyclic N) is 1. The van der Waals surface area contributed by atoms with Crippen LogP contribution >= 0.6 is 0 Å². The van der Waals surface area contributed by atoms with Crippen LogP contribution in [-0.4, -0.2) is 46.3 Å². The summed E-state index contributed by atoms with van der Waals surface area (Å²) >= 11 is 0. The average molecular weight is 292 g/mol. The lowest BCUT2D eigenvalue weighted by atomic mass is 9.98. The number of aliphatic carboxylic acids is 1. The molecule has 0 saturated carbocycles. The number of carboxylic acid groups (broad SMARTS) is 1. The SMILES string of the molecule is CC(CC(=O)O)c1ccc(NC(=O)N2CCC(O)C2)cc1. The van der Waals surface area contributed by atoms with Crippen molar-refractivity contribution in [2.24, 2.45) is 0 Å². The van der Waals surface area contributed by atoms with Gasteiger partial charge < -0.3 is 20.4 Å². The first-order chi connectivity index (χ1) is 9.95. The number of carboxylic acids is 1. The van der Waals surface area contributed by atoms with Crippen LogP contribution in [0.1, 0.15) is 31.2 Å². The number of nitrogens with zero attached hydrogens (tertiary/aromatic N) is 1. The first-order valence-corrected chi connectivity index (χ1v) is 7.01. The van der Waals surface area contributed by atoms with Gasteiger partial charge in [-0.15, -0.1) is 0 Å². The van der Waals surface area contributed by atoms with E-state index < -0.39 is 12.1 Å². The summed E-state index contributed by atoms with van der Waals surface area (Å²) in [6.07, 6.45) is 0.256. The van der Waals surface area contributed by atoms with Gasteiger partial charge in [-0.05, 0) is 30.0 Å². The topological polar surface area (TPSA) is 89.9 Å². The number of rotatable bonds is 4. The van der Waals surface area contributed by atoms with Gasteiger partial charge >= 0.3 is 12.0 Å². The molecule has 0 aromatic heterocycles. The van der Waals surface area contributed by atoms with Gasteiger partial charge in [-0.3, -0.25) is 4.79 Å². The normalized spacial score (nSPS) is 19.3. The van der Waals surface area contributed by atoms with Crippen LogP contribution in [0.5, 0.6) is 0 Å². The first kappa shape index (κ1) is 15.3. The van der Waals surface area contributed by atoms with E-state index in [0.717, 1.165) is 5.56 Å². The van der Waals surface area contributed by atoms with E-state index in [2.05, 4.69) is 5.32 Å². The Morgan fingerprint density at radius 3 is 2.57 bits per heavy atom. The number of hydrogen-bond acceptors (Lipinski definition) is 3. The van der Waals surface area contributed by atoms with Crippen LogP contribution < -0.4 is 5.32 Å². The maximum absolute atomic E-state index is 12.0. The number of amides is 2. The van der Waals surface area contributed by atoms with E-state index in [1.165, 1.54) is 0 Å². The summed E-state index contributed by atoms with van der Waals surface area (Å²) in [7, 11) is 0. The van der Waals surface area contributed by atoms with Gasteiger partial charge in [0, 0.05) is 18.8 Å². The van der Waals surface area contributed by atoms with Crippen molar-refractivity contribution in [3.63, 3.8) is 0 Å². The molecular weight excluding hydrogens is 272 g/mol. The van der Waals surface area contributed by atoms with E-state index in [4.69, 9.17) is 5.11 Å². The number of carbonyl (C=O) groups excluding carboxylic acids is 1. The summed E-state index contributed by atoms with van der Waals surface area (Å²) in [5.74, 6) is -0.895. The highest BCUT2D eigenvalue weighted by atomic mass is 16.4. The van der Waals surface area contributed by atoms with Gasteiger partial charge in [0.15, 0.2) is 0 Å². The number of carbonyl (C=O) groups is 2. The summed E-state index contributed by atoms with van der Waals surface area (Å²) in [5.41, 5.74) is 1.58. The molecule has 0 aliphatic carbocycles. The lowest BCUT2D eigenvalue weighted by Crippen LogP contribution is -2.33. The van der Waals surface area contributed by atoms with Gasteiger partial charge in [0.1, 0.15) is 0 Å². The molecule has 1 fully saturated rings. The molecule has 1 aromatic carbocycles. The third kappa shape index (κ3) is 4.19. The molecule has 0 spiro atoms. The number of benzene rings is 1. The highest BCUT2D eigenvalue weighted by Crippen LogP contribution is 2.21. The van der Waals surface area contributed by atoms with Crippen LogP contribution in [0.25, 0.3) is 0 Å². The molecule has 1 aliphatic rings. The number of nitrogens with one attached hydrogen (secondary N) is 1. The standard InChI is InChI=1S/C15H20N2O4/c1-10(8-14(19)20)11-2-4-12(5-3-11)16-15(21)17-7-6-13(18)9-17/h2-5,10,13,18H,6-9H2,1H3,(H,16,21)(H,19,20). The van der Waals surface area contributed by atoms with Crippen molar-refractivity contribution in [1.82, 2.24) is 4.90 Å². The molecule has 21 heavy (non-hydrogen) atoms. The summed E-state index contributed by atoms with van der Waals surface area (Å²) in [6, 6.07) is 6.94. The van der Waals surface area contributed by atoms with Crippen molar-refractivity contribution in [1.29, 1.82) is 0 Å². The van der Waals surface area contributed by atoms with Gasteiger partial charge in [-0.2, -0.15) is 0 Å². The molecule has 114 valence electrons. The fourth-order valence-corrected chi connectivity index (χ4v) is 2.40. The van der Waals surface area contributed by atoms with Crippen molar-refractivity contribution in [3.05, 3.63) is 29.8 Å². The number of aliphatic hydroxyl groups excluding tert-OH is 1. The summed E-state index contributed by atoms with van der Waals surface area (Å²) in [4.78, 5) is 24.2. The molecule has 1 heterocycles. The van der Waals surface area contributed by atoms with E-state index >= 15 is 0 Å². The van der Waals surface area contributed by atoms with Crippen LogP contribution in [0.2, 0.25) is 0 Å². The molecule has 1 aliphatic heterocycles. The lowest BCUT2D eigenvalue weighted by molar-refractivity contribution is -0.137. The molecule has 0 bridgehead atoms. The van der Waals surface area contributed by atoms with Crippen LogP contribution in [-0.2, 0) is 4.79 Å². The Labute approximate surface area is 123 Å². The molecule has 2 atom stereocenters. The van der Waals surface area contributed by atoms with Gasteiger partial charge in [0.25, 0.3) is 0 Å².